The molecule has 1 heterocycles. The van der Waals surface area contributed by atoms with Crippen molar-refractivity contribution in [3.63, 3.8) is 0 Å². The van der Waals surface area contributed by atoms with Crippen molar-refractivity contribution in [2.75, 3.05) is 32.4 Å². The molecule has 2 atom stereocenters. The van der Waals surface area contributed by atoms with E-state index in [1.807, 2.05) is 83.9 Å². The van der Waals surface area contributed by atoms with Gasteiger partial charge >= 0.3 is 11.9 Å². The zero-order chi connectivity index (χ0) is 27.1. The van der Waals surface area contributed by atoms with Crippen molar-refractivity contribution in [3.05, 3.63) is 90.0 Å². The number of para-hydroxylation sites is 1. The lowest BCUT2D eigenvalue weighted by atomic mass is 9.77. The number of hydrogen-bond acceptors (Lipinski definition) is 8. The van der Waals surface area contributed by atoms with E-state index in [9.17, 15) is 9.59 Å². The van der Waals surface area contributed by atoms with E-state index < -0.39 is 29.8 Å². The Morgan fingerprint density at radius 3 is 1.82 bits per heavy atom. The first-order valence-corrected chi connectivity index (χ1v) is 12.6. The molecule has 0 aromatic heterocycles. The standard InChI is InChI=1S/C30H32N2O6/c1-5-37-29(33)26(30(34)38-6-2)25-27(20-12-16-23(35-3)17-13-20)31-32(22-10-8-7-9-11-22)28(25)21-14-18-24(36-4)19-15-21/h7-19,25-26,28H,5-6H2,1-4H3/t25-,28+/m0/s1. The Morgan fingerprint density at radius 1 is 0.789 bits per heavy atom. The number of carbonyl (C=O) groups excluding carboxylic acids is 2. The van der Waals surface area contributed by atoms with Gasteiger partial charge in [0.15, 0.2) is 5.92 Å². The van der Waals surface area contributed by atoms with Gasteiger partial charge in [-0.25, -0.2) is 0 Å². The van der Waals surface area contributed by atoms with Gasteiger partial charge in [0.2, 0.25) is 0 Å². The fourth-order valence-electron chi connectivity index (χ4n) is 4.70. The summed E-state index contributed by atoms with van der Waals surface area (Å²) in [6, 6.07) is 24.1. The van der Waals surface area contributed by atoms with E-state index in [1.165, 1.54) is 0 Å². The lowest BCUT2D eigenvalue weighted by Crippen LogP contribution is -2.41. The van der Waals surface area contributed by atoms with E-state index in [4.69, 9.17) is 24.0 Å². The first kappa shape index (κ1) is 26.7. The Bertz CT molecular complexity index is 1240. The monoisotopic (exact) mass is 516 g/mol. The summed E-state index contributed by atoms with van der Waals surface area (Å²) in [6.45, 7) is 3.69. The van der Waals surface area contributed by atoms with E-state index in [0.717, 1.165) is 16.8 Å². The van der Waals surface area contributed by atoms with Crippen LogP contribution in [-0.2, 0) is 19.1 Å². The zero-order valence-electron chi connectivity index (χ0n) is 22.0. The van der Waals surface area contributed by atoms with Crippen LogP contribution in [0.5, 0.6) is 11.5 Å². The smallest absolute Gasteiger partial charge is 0.321 e. The number of benzene rings is 3. The van der Waals surface area contributed by atoms with Gasteiger partial charge in [-0.2, -0.15) is 5.10 Å². The molecule has 3 aromatic carbocycles. The number of hydrazone groups is 1. The molecule has 0 bridgehead atoms. The van der Waals surface area contributed by atoms with Crippen LogP contribution in [0.3, 0.4) is 0 Å². The van der Waals surface area contributed by atoms with E-state index in [1.54, 1.807) is 28.1 Å². The van der Waals surface area contributed by atoms with E-state index in [2.05, 4.69) is 0 Å². The molecular weight excluding hydrogens is 484 g/mol. The van der Waals surface area contributed by atoms with Crippen LogP contribution in [-0.4, -0.2) is 45.1 Å². The summed E-state index contributed by atoms with van der Waals surface area (Å²) in [5, 5.41) is 6.89. The average Bonchev–Trinajstić information content (AvgIpc) is 3.34. The summed E-state index contributed by atoms with van der Waals surface area (Å²) in [4.78, 5) is 26.8. The predicted octanol–water partition coefficient (Wildman–Crippen LogP) is 5.03. The van der Waals surface area contributed by atoms with Gasteiger partial charge in [0.1, 0.15) is 11.5 Å². The zero-order valence-corrected chi connectivity index (χ0v) is 22.0. The normalized spacial score (nSPS) is 16.7. The maximum Gasteiger partial charge on any atom is 0.321 e. The molecule has 0 amide bonds. The molecule has 0 N–H and O–H groups in total. The van der Waals surface area contributed by atoms with Gasteiger partial charge in [0.05, 0.1) is 50.8 Å². The molecule has 1 aliphatic rings. The lowest BCUT2D eigenvalue weighted by Gasteiger charge is -2.31. The van der Waals surface area contributed by atoms with Gasteiger partial charge in [0.25, 0.3) is 0 Å². The second kappa shape index (κ2) is 12.3. The maximum absolute atomic E-state index is 13.4. The summed E-state index contributed by atoms with van der Waals surface area (Å²) >= 11 is 0. The Kier molecular flexibility index (Phi) is 8.63. The molecule has 38 heavy (non-hydrogen) atoms. The molecule has 8 heteroatoms. The summed E-state index contributed by atoms with van der Waals surface area (Å²) in [7, 11) is 3.20. The van der Waals surface area contributed by atoms with Crippen LogP contribution in [0.1, 0.15) is 31.0 Å². The Hall–Kier alpha value is -4.33. The van der Waals surface area contributed by atoms with Gasteiger partial charge in [0, 0.05) is 0 Å². The number of anilines is 1. The lowest BCUT2D eigenvalue weighted by molar-refractivity contribution is -0.163. The third-order valence-corrected chi connectivity index (χ3v) is 6.44. The van der Waals surface area contributed by atoms with Gasteiger partial charge in [-0.15, -0.1) is 0 Å². The highest BCUT2D eigenvalue weighted by Crippen LogP contribution is 2.45. The van der Waals surface area contributed by atoms with Crippen LogP contribution in [0.4, 0.5) is 5.69 Å². The number of ether oxygens (including phenoxy) is 4. The molecule has 0 unspecified atom stereocenters. The third-order valence-electron chi connectivity index (χ3n) is 6.44. The first-order chi connectivity index (χ1) is 18.5. The van der Waals surface area contributed by atoms with Crippen LogP contribution in [0.2, 0.25) is 0 Å². The fraction of sp³-hybridized carbons (Fsp3) is 0.300. The first-order valence-electron chi connectivity index (χ1n) is 12.6. The fourth-order valence-corrected chi connectivity index (χ4v) is 4.70. The molecule has 0 spiro atoms. The second-order valence-corrected chi connectivity index (χ2v) is 8.62. The van der Waals surface area contributed by atoms with Gasteiger partial charge in [-0.1, -0.05) is 30.3 Å². The minimum atomic E-state index is -1.24. The molecule has 0 fully saturated rings. The number of rotatable bonds is 10. The molecule has 3 aromatic rings. The summed E-state index contributed by atoms with van der Waals surface area (Å²) in [5.41, 5.74) is 2.99. The average molecular weight is 517 g/mol. The van der Waals surface area contributed by atoms with Crippen molar-refractivity contribution >= 4 is 23.3 Å². The number of nitrogens with zero attached hydrogens (tertiary/aromatic N) is 2. The number of hydrogen-bond donors (Lipinski definition) is 0. The SMILES string of the molecule is CCOC(=O)C(C(=O)OCC)[C@H]1C(c2ccc(OC)cc2)=NN(c2ccccc2)[C@@H]1c1ccc(OC)cc1. The molecule has 198 valence electrons. The highest BCUT2D eigenvalue weighted by molar-refractivity contribution is 6.11. The summed E-state index contributed by atoms with van der Waals surface area (Å²) in [5.74, 6) is -1.87. The molecular formula is C30H32N2O6. The minimum Gasteiger partial charge on any atom is -0.497 e. The van der Waals surface area contributed by atoms with E-state index in [0.29, 0.717) is 17.2 Å². The van der Waals surface area contributed by atoms with Gasteiger partial charge in [-0.05, 0) is 73.5 Å². The van der Waals surface area contributed by atoms with Crippen molar-refractivity contribution in [3.8, 4) is 11.5 Å². The summed E-state index contributed by atoms with van der Waals surface area (Å²) < 4.78 is 21.5. The van der Waals surface area contributed by atoms with Gasteiger partial charge < -0.3 is 18.9 Å². The number of methoxy groups -OCH3 is 2. The largest absolute Gasteiger partial charge is 0.497 e. The molecule has 0 radical (unpaired) electrons. The Labute approximate surface area is 222 Å². The number of carbonyl (C=O) groups is 2. The van der Waals surface area contributed by atoms with Crippen molar-refractivity contribution in [2.45, 2.75) is 19.9 Å². The second-order valence-electron chi connectivity index (χ2n) is 8.62. The van der Waals surface area contributed by atoms with Crippen molar-refractivity contribution in [1.82, 2.24) is 0 Å². The molecule has 0 saturated carbocycles. The van der Waals surface area contributed by atoms with E-state index in [-0.39, 0.29) is 13.2 Å². The number of esters is 2. The van der Waals surface area contributed by atoms with Crippen molar-refractivity contribution < 1.29 is 28.5 Å². The maximum atomic E-state index is 13.4. The van der Waals surface area contributed by atoms with Crippen molar-refractivity contribution in [2.24, 2.45) is 16.9 Å². The van der Waals surface area contributed by atoms with E-state index >= 15 is 0 Å². The van der Waals surface area contributed by atoms with Crippen LogP contribution >= 0.6 is 0 Å². The Balaban J connectivity index is 1.94. The molecule has 4 rings (SSSR count). The van der Waals surface area contributed by atoms with Gasteiger partial charge in [-0.3, -0.25) is 14.6 Å². The predicted molar refractivity (Wildman–Crippen MR) is 144 cm³/mol. The quantitative estimate of drug-likeness (QED) is 0.276. The highest BCUT2D eigenvalue weighted by Gasteiger charge is 2.51. The third kappa shape index (κ3) is 5.49. The topological polar surface area (TPSA) is 86.7 Å². The van der Waals surface area contributed by atoms with Crippen LogP contribution in [0.15, 0.2) is 84.0 Å². The highest BCUT2D eigenvalue weighted by atomic mass is 16.6. The summed E-state index contributed by atoms with van der Waals surface area (Å²) in [6.07, 6.45) is 0. The molecule has 8 nitrogen and oxygen atoms in total. The van der Waals surface area contributed by atoms with Crippen LogP contribution < -0.4 is 14.5 Å². The molecule has 0 aliphatic carbocycles. The minimum absolute atomic E-state index is 0.131. The molecule has 1 aliphatic heterocycles. The van der Waals surface area contributed by atoms with Crippen LogP contribution in [0.25, 0.3) is 0 Å². The molecule has 0 saturated heterocycles. The van der Waals surface area contributed by atoms with Crippen LogP contribution in [0, 0.1) is 11.8 Å². The van der Waals surface area contributed by atoms with Crippen molar-refractivity contribution in [1.29, 1.82) is 0 Å². The Morgan fingerprint density at radius 2 is 1.32 bits per heavy atom.